The number of carbonyl (C=O) groups excluding carboxylic acids is 3. The average molecular weight is 376 g/mol. The van der Waals surface area contributed by atoms with Gasteiger partial charge in [0.15, 0.2) is 11.6 Å². The van der Waals surface area contributed by atoms with E-state index in [0.717, 1.165) is 5.56 Å². The summed E-state index contributed by atoms with van der Waals surface area (Å²) in [5, 5.41) is 8.85. The Bertz CT molecular complexity index is 921. The Morgan fingerprint density at radius 2 is 1.68 bits per heavy atom. The lowest BCUT2D eigenvalue weighted by Crippen LogP contribution is -2.13. The Morgan fingerprint density at radius 1 is 1.04 bits per heavy atom. The number of rotatable bonds is 4. The molecule has 0 spiro atoms. The Kier molecular flexibility index (Phi) is 7.22. The van der Waals surface area contributed by atoms with Crippen LogP contribution in [0.3, 0.4) is 0 Å². The van der Waals surface area contributed by atoms with Gasteiger partial charge in [0.1, 0.15) is 11.5 Å². The first kappa shape index (κ1) is 20.6. The fourth-order valence-electron chi connectivity index (χ4n) is 2.55. The van der Waals surface area contributed by atoms with Crippen molar-refractivity contribution in [1.82, 2.24) is 0 Å². The van der Waals surface area contributed by atoms with E-state index in [2.05, 4.69) is 6.58 Å². The Hall–Kier alpha value is -3.73. The molecule has 0 amide bonds. The quantitative estimate of drug-likeness (QED) is 0.379. The van der Waals surface area contributed by atoms with Gasteiger partial charge >= 0.3 is 5.97 Å². The summed E-state index contributed by atoms with van der Waals surface area (Å²) in [5.41, 5.74) is 1.45. The van der Waals surface area contributed by atoms with E-state index in [9.17, 15) is 14.4 Å². The average Bonchev–Trinajstić information content (AvgIpc) is 2.68. The largest absolute Gasteiger partial charge is 0.508 e. The third-order valence-electron chi connectivity index (χ3n) is 3.81. The first-order chi connectivity index (χ1) is 13.4. The van der Waals surface area contributed by atoms with Crippen LogP contribution in [0, 0.1) is 0 Å². The van der Waals surface area contributed by atoms with E-state index >= 15 is 0 Å². The van der Waals surface area contributed by atoms with Gasteiger partial charge in [-0.05, 0) is 48.1 Å². The highest BCUT2D eigenvalue weighted by atomic mass is 16.5. The fraction of sp³-hybridized carbons (Fsp3) is 0.0870. The number of allylic oxidation sites excluding steroid dienone is 5. The summed E-state index contributed by atoms with van der Waals surface area (Å²) < 4.78 is 4.72. The van der Waals surface area contributed by atoms with Crippen molar-refractivity contribution in [2.75, 3.05) is 0 Å². The van der Waals surface area contributed by atoms with Crippen molar-refractivity contribution in [2.45, 2.75) is 12.8 Å². The number of aromatic hydroxyl groups is 1. The van der Waals surface area contributed by atoms with Gasteiger partial charge in [-0.3, -0.25) is 14.4 Å². The van der Waals surface area contributed by atoms with Gasteiger partial charge in [-0.1, -0.05) is 36.4 Å². The SMILES string of the molecule is C=CC(C1=CC(=O)C=CC1=O)c1ccccc1.CC(=O)Oc1ccc(O)cc1. The summed E-state index contributed by atoms with van der Waals surface area (Å²) in [6.07, 6.45) is 5.68. The van der Waals surface area contributed by atoms with Gasteiger partial charge in [-0.2, -0.15) is 0 Å². The van der Waals surface area contributed by atoms with Crippen LogP contribution in [0.1, 0.15) is 18.4 Å². The smallest absolute Gasteiger partial charge is 0.308 e. The van der Waals surface area contributed by atoms with Crippen molar-refractivity contribution in [2.24, 2.45) is 0 Å². The maximum Gasteiger partial charge on any atom is 0.308 e. The molecular formula is C23H20O5. The molecule has 2 aromatic carbocycles. The van der Waals surface area contributed by atoms with Gasteiger partial charge in [0.2, 0.25) is 0 Å². The summed E-state index contributed by atoms with van der Waals surface area (Å²) in [6, 6.07) is 15.5. The molecule has 1 N–H and O–H groups in total. The topological polar surface area (TPSA) is 80.7 Å². The molecule has 1 unspecified atom stereocenters. The number of hydrogen-bond donors (Lipinski definition) is 1. The van der Waals surface area contributed by atoms with Gasteiger partial charge in [0.25, 0.3) is 0 Å². The van der Waals surface area contributed by atoms with Crippen LogP contribution in [0.25, 0.3) is 0 Å². The van der Waals surface area contributed by atoms with E-state index < -0.39 is 0 Å². The molecule has 0 fully saturated rings. The summed E-state index contributed by atoms with van der Waals surface area (Å²) in [4.78, 5) is 33.5. The van der Waals surface area contributed by atoms with Crippen LogP contribution < -0.4 is 4.74 Å². The van der Waals surface area contributed by atoms with Crippen molar-refractivity contribution in [3.05, 3.63) is 96.6 Å². The number of hydrogen-bond acceptors (Lipinski definition) is 5. The molecule has 142 valence electrons. The first-order valence-electron chi connectivity index (χ1n) is 8.53. The van der Waals surface area contributed by atoms with Crippen molar-refractivity contribution < 1.29 is 24.2 Å². The number of ether oxygens (including phenoxy) is 1. The van der Waals surface area contributed by atoms with Gasteiger partial charge in [-0.15, -0.1) is 6.58 Å². The van der Waals surface area contributed by atoms with E-state index in [1.165, 1.54) is 49.4 Å². The molecule has 0 aliphatic heterocycles. The van der Waals surface area contributed by atoms with Crippen LogP contribution >= 0.6 is 0 Å². The molecule has 5 heteroatoms. The number of esters is 1. The molecule has 2 aromatic rings. The number of phenols is 1. The minimum atomic E-state index is -0.365. The molecule has 0 radical (unpaired) electrons. The maximum atomic E-state index is 11.8. The molecule has 5 nitrogen and oxygen atoms in total. The predicted octanol–water partition coefficient (Wildman–Crippen LogP) is 3.91. The Morgan fingerprint density at radius 3 is 2.25 bits per heavy atom. The molecular weight excluding hydrogens is 356 g/mol. The highest BCUT2D eigenvalue weighted by Gasteiger charge is 2.21. The van der Waals surface area contributed by atoms with E-state index in [1.54, 1.807) is 6.08 Å². The molecule has 3 rings (SSSR count). The number of phenolic OH excluding ortho intramolecular Hbond substituents is 1. The highest BCUT2D eigenvalue weighted by molar-refractivity contribution is 6.18. The lowest BCUT2D eigenvalue weighted by molar-refractivity contribution is -0.131. The molecule has 1 aliphatic rings. The molecule has 0 bridgehead atoms. The zero-order valence-corrected chi connectivity index (χ0v) is 15.4. The predicted molar refractivity (Wildman–Crippen MR) is 106 cm³/mol. The zero-order valence-electron chi connectivity index (χ0n) is 15.4. The van der Waals surface area contributed by atoms with Crippen LogP contribution in [0.2, 0.25) is 0 Å². The summed E-state index contributed by atoms with van der Waals surface area (Å²) >= 11 is 0. The molecule has 0 saturated carbocycles. The minimum Gasteiger partial charge on any atom is -0.508 e. The van der Waals surface area contributed by atoms with Crippen molar-refractivity contribution >= 4 is 17.5 Å². The third kappa shape index (κ3) is 5.92. The second kappa shape index (κ2) is 9.83. The fourth-order valence-corrected chi connectivity index (χ4v) is 2.55. The monoisotopic (exact) mass is 376 g/mol. The summed E-state index contributed by atoms with van der Waals surface area (Å²) in [5.74, 6) is -0.273. The normalized spacial score (nSPS) is 13.7. The molecule has 28 heavy (non-hydrogen) atoms. The van der Waals surface area contributed by atoms with Crippen LogP contribution in [-0.4, -0.2) is 22.6 Å². The maximum absolute atomic E-state index is 11.8. The summed E-state index contributed by atoms with van der Waals surface area (Å²) in [6.45, 7) is 5.07. The minimum absolute atomic E-state index is 0.127. The van der Waals surface area contributed by atoms with Crippen molar-refractivity contribution in [3.63, 3.8) is 0 Å². The molecule has 1 aliphatic carbocycles. The van der Waals surface area contributed by atoms with Gasteiger partial charge in [-0.25, -0.2) is 0 Å². The van der Waals surface area contributed by atoms with E-state index in [-0.39, 0.29) is 29.2 Å². The molecule has 0 aromatic heterocycles. The van der Waals surface area contributed by atoms with Crippen LogP contribution in [0.5, 0.6) is 11.5 Å². The lowest BCUT2D eigenvalue weighted by atomic mass is 9.86. The van der Waals surface area contributed by atoms with E-state index in [0.29, 0.717) is 11.3 Å². The van der Waals surface area contributed by atoms with Crippen LogP contribution in [0.4, 0.5) is 0 Å². The van der Waals surface area contributed by atoms with E-state index in [4.69, 9.17) is 9.84 Å². The second-order valence-corrected chi connectivity index (χ2v) is 5.91. The Balaban J connectivity index is 0.000000221. The number of ketones is 2. The van der Waals surface area contributed by atoms with Gasteiger partial charge in [0, 0.05) is 18.4 Å². The second-order valence-electron chi connectivity index (χ2n) is 5.91. The highest BCUT2D eigenvalue weighted by Crippen LogP contribution is 2.27. The molecule has 0 heterocycles. The number of benzene rings is 2. The molecule has 1 atom stereocenters. The lowest BCUT2D eigenvalue weighted by Gasteiger charge is -2.16. The number of carbonyl (C=O) groups is 3. The standard InChI is InChI=1S/C15H12O2.C8H8O3/c1-2-13(11-6-4-3-5-7-11)14-10-12(16)8-9-15(14)17;1-6(9)11-8-4-2-7(10)3-5-8/h2-10,13H,1H2;2-5,10H,1H3. The first-order valence-corrected chi connectivity index (χ1v) is 8.53. The zero-order chi connectivity index (χ0) is 20.5. The summed E-state index contributed by atoms with van der Waals surface area (Å²) in [7, 11) is 0. The molecule has 0 saturated heterocycles. The van der Waals surface area contributed by atoms with E-state index in [1.807, 2.05) is 30.3 Å². The van der Waals surface area contributed by atoms with Crippen molar-refractivity contribution in [3.8, 4) is 11.5 Å². The third-order valence-corrected chi connectivity index (χ3v) is 3.81. The van der Waals surface area contributed by atoms with Crippen molar-refractivity contribution in [1.29, 1.82) is 0 Å². The van der Waals surface area contributed by atoms with Crippen LogP contribution in [-0.2, 0) is 14.4 Å². The van der Waals surface area contributed by atoms with Gasteiger partial charge < -0.3 is 9.84 Å². The Labute approximate surface area is 163 Å². The van der Waals surface area contributed by atoms with Gasteiger partial charge in [0.05, 0.1) is 0 Å². The van der Waals surface area contributed by atoms with Crippen LogP contribution in [0.15, 0.2) is 91.1 Å².